The molecule has 0 unspecified atom stereocenters. The number of ether oxygens (including phenoxy) is 1. The Bertz CT molecular complexity index is 608. The highest BCUT2D eigenvalue weighted by molar-refractivity contribution is 7.99. The average molecular weight is 304 g/mol. The number of hydrogen-bond donors (Lipinski definition) is 0. The minimum atomic E-state index is -0.592. The van der Waals surface area contributed by atoms with E-state index in [1.165, 1.54) is 18.0 Å². The second-order valence-electron chi connectivity index (χ2n) is 3.24. The number of pyridine rings is 1. The van der Waals surface area contributed by atoms with Crippen molar-refractivity contribution in [3.05, 3.63) is 23.1 Å². The van der Waals surface area contributed by atoms with Crippen molar-refractivity contribution in [3.63, 3.8) is 0 Å². The summed E-state index contributed by atoms with van der Waals surface area (Å²) in [5, 5.41) is 11.2. The SMILES string of the molecule is COC(=O)Cn1nnnc1Sc1ncc(Cl)cc1F. The summed E-state index contributed by atoms with van der Waals surface area (Å²) >= 11 is 6.48. The molecule has 0 atom stereocenters. The molecule has 2 aromatic heterocycles. The van der Waals surface area contributed by atoms with E-state index in [1.54, 1.807) is 0 Å². The Labute approximate surface area is 116 Å². The van der Waals surface area contributed by atoms with Crippen LogP contribution in [-0.2, 0) is 16.1 Å². The highest BCUT2D eigenvalue weighted by Gasteiger charge is 2.15. The Hall–Kier alpha value is -1.74. The van der Waals surface area contributed by atoms with Crippen LogP contribution in [0.3, 0.4) is 0 Å². The van der Waals surface area contributed by atoms with Crippen LogP contribution in [0.4, 0.5) is 4.39 Å². The summed E-state index contributed by atoms with van der Waals surface area (Å²) in [4.78, 5) is 15.0. The van der Waals surface area contributed by atoms with Crippen LogP contribution in [0.2, 0.25) is 5.02 Å². The molecular formula is C9H7ClFN5O2S. The van der Waals surface area contributed by atoms with E-state index in [2.05, 4.69) is 25.2 Å². The zero-order valence-electron chi connectivity index (χ0n) is 9.58. The first-order chi connectivity index (χ1) is 9.10. The predicted molar refractivity (Wildman–Crippen MR) is 63.2 cm³/mol. The number of carbonyl (C=O) groups is 1. The van der Waals surface area contributed by atoms with Gasteiger partial charge in [0.2, 0.25) is 5.16 Å². The fraction of sp³-hybridized carbons (Fsp3) is 0.222. The Balaban J connectivity index is 2.19. The molecule has 0 aliphatic heterocycles. The zero-order chi connectivity index (χ0) is 13.8. The maximum absolute atomic E-state index is 13.6. The average Bonchev–Trinajstić information content (AvgIpc) is 2.80. The molecule has 2 heterocycles. The molecule has 0 saturated carbocycles. The highest BCUT2D eigenvalue weighted by atomic mass is 35.5. The third kappa shape index (κ3) is 3.38. The topological polar surface area (TPSA) is 82.8 Å². The van der Waals surface area contributed by atoms with E-state index in [0.29, 0.717) is 0 Å². The molecule has 2 rings (SSSR count). The Morgan fingerprint density at radius 3 is 3.11 bits per heavy atom. The van der Waals surface area contributed by atoms with Crippen LogP contribution < -0.4 is 0 Å². The van der Waals surface area contributed by atoms with Crippen molar-refractivity contribution < 1.29 is 13.9 Å². The lowest BCUT2D eigenvalue weighted by Crippen LogP contribution is -2.13. The molecular weight excluding hydrogens is 297 g/mol. The largest absolute Gasteiger partial charge is 0.468 e. The first kappa shape index (κ1) is 13.7. The van der Waals surface area contributed by atoms with Crippen LogP contribution in [-0.4, -0.2) is 38.3 Å². The summed E-state index contributed by atoms with van der Waals surface area (Å²) in [5.74, 6) is -1.11. The van der Waals surface area contributed by atoms with Gasteiger partial charge in [-0.05, 0) is 28.3 Å². The van der Waals surface area contributed by atoms with E-state index < -0.39 is 11.8 Å². The Morgan fingerprint density at radius 2 is 2.42 bits per heavy atom. The quantitative estimate of drug-likeness (QED) is 0.784. The minimum absolute atomic E-state index is 0.0605. The van der Waals surface area contributed by atoms with Crippen molar-refractivity contribution >= 4 is 29.3 Å². The molecule has 2 aromatic rings. The summed E-state index contributed by atoms with van der Waals surface area (Å²) < 4.78 is 19.2. The van der Waals surface area contributed by atoms with Crippen molar-refractivity contribution in [3.8, 4) is 0 Å². The van der Waals surface area contributed by atoms with Crippen molar-refractivity contribution in [2.24, 2.45) is 0 Å². The van der Waals surface area contributed by atoms with E-state index >= 15 is 0 Å². The van der Waals surface area contributed by atoms with Gasteiger partial charge in [0.15, 0.2) is 5.82 Å². The molecule has 0 bridgehead atoms. The number of nitrogens with zero attached hydrogens (tertiary/aromatic N) is 5. The van der Waals surface area contributed by atoms with E-state index in [0.717, 1.165) is 17.8 Å². The van der Waals surface area contributed by atoms with E-state index in [9.17, 15) is 9.18 Å². The second kappa shape index (κ2) is 5.93. The minimum Gasteiger partial charge on any atom is -0.468 e. The summed E-state index contributed by atoms with van der Waals surface area (Å²) in [6.07, 6.45) is 1.31. The van der Waals surface area contributed by atoms with Gasteiger partial charge in [-0.1, -0.05) is 11.6 Å². The number of rotatable bonds is 4. The Morgan fingerprint density at radius 1 is 1.63 bits per heavy atom. The van der Waals surface area contributed by atoms with E-state index in [-0.39, 0.29) is 21.7 Å². The van der Waals surface area contributed by atoms with E-state index in [1.807, 2.05) is 0 Å². The van der Waals surface area contributed by atoms with Gasteiger partial charge >= 0.3 is 5.97 Å². The van der Waals surface area contributed by atoms with Gasteiger partial charge < -0.3 is 4.74 Å². The van der Waals surface area contributed by atoms with Crippen LogP contribution in [0.25, 0.3) is 0 Å². The fourth-order valence-corrected chi connectivity index (χ4v) is 1.98. The number of carbonyl (C=O) groups excluding carboxylic acids is 1. The highest BCUT2D eigenvalue weighted by Crippen LogP contribution is 2.27. The summed E-state index contributed by atoms with van der Waals surface area (Å²) in [6, 6.07) is 1.13. The normalized spacial score (nSPS) is 10.5. The monoisotopic (exact) mass is 303 g/mol. The lowest BCUT2D eigenvalue weighted by Gasteiger charge is -2.03. The summed E-state index contributed by atoms with van der Waals surface area (Å²) in [7, 11) is 1.25. The smallest absolute Gasteiger partial charge is 0.327 e. The summed E-state index contributed by atoms with van der Waals surface area (Å²) in [5.41, 5.74) is 0. The third-order valence-electron chi connectivity index (χ3n) is 1.97. The van der Waals surface area contributed by atoms with Crippen LogP contribution in [0.5, 0.6) is 0 Å². The molecule has 0 aliphatic rings. The van der Waals surface area contributed by atoms with Gasteiger partial charge in [0.1, 0.15) is 11.6 Å². The zero-order valence-corrected chi connectivity index (χ0v) is 11.2. The van der Waals surface area contributed by atoms with Gasteiger partial charge in [-0.15, -0.1) is 5.10 Å². The summed E-state index contributed by atoms with van der Waals surface area (Å²) in [6.45, 7) is -0.166. The van der Waals surface area contributed by atoms with Crippen molar-refractivity contribution in [1.29, 1.82) is 0 Å². The van der Waals surface area contributed by atoms with E-state index in [4.69, 9.17) is 11.6 Å². The maximum Gasteiger partial charge on any atom is 0.327 e. The van der Waals surface area contributed by atoms with Gasteiger partial charge in [-0.2, -0.15) is 0 Å². The number of aromatic nitrogens is 5. The first-order valence-electron chi connectivity index (χ1n) is 4.92. The van der Waals surface area contributed by atoms with Crippen molar-refractivity contribution in [2.45, 2.75) is 16.7 Å². The third-order valence-corrected chi connectivity index (χ3v) is 3.14. The Kier molecular flexibility index (Phi) is 4.27. The van der Waals surface area contributed by atoms with Crippen LogP contribution in [0, 0.1) is 5.82 Å². The van der Waals surface area contributed by atoms with Gasteiger partial charge in [0.25, 0.3) is 0 Å². The molecule has 7 nitrogen and oxygen atoms in total. The van der Waals surface area contributed by atoms with Crippen molar-refractivity contribution in [2.75, 3.05) is 7.11 Å². The number of methoxy groups -OCH3 is 1. The van der Waals surface area contributed by atoms with Gasteiger partial charge in [0, 0.05) is 6.20 Å². The fourth-order valence-electron chi connectivity index (χ4n) is 1.12. The molecule has 0 aromatic carbocycles. The molecule has 0 amide bonds. The van der Waals surface area contributed by atoms with Gasteiger partial charge in [-0.3, -0.25) is 4.79 Å². The predicted octanol–water partition coefficient (Wildman–Crippen LogP) is 1.18. The molecule has 0 aliphatic carbocycles. The molecule has 10 heteroatoms. The van der Waals surface area contributed by atoms with Crippen LogP contribution >= 0.6 is 23.4 Å². The molecule has 0 saturated heterocycles. The molecule has 0 fully saturated rings. The van der Waals surface area contributed by atoms with Crippen molar-refractivity contribution in [1.82, 2.24) is 25.2 Å². The first-order valence-corrected chi connectivity index (χ1v) is 6.11. The molecule has 100 valence electrons. The molecule has 0 spiro atoms. The van der Waals surface area contributed by atoms with Crippen LogP contribution in [0.15, 0.2) is 22.4 Å². The van der Waals surface area contributed by atoms with Crippen LogP contribution in [0.1, 0.15) is 0 Å². The molecule has 0 radical (unpaired) electrons. The number of tetrazole rings is 1. The maximum atomic E-state index is 13.6. The second-order valence-corrected chi connectivity index (χ2v) is 4.63. The lowest BCUT2D eigenvalue weighted by atomic mass is 10.5. The standard InChI is InChI=1S/C9H7ClFN5O2S/c1-18-7(17)4-16-9(13-14-15-16)19-8-6(11)2-5(10)3-12-8/h2-3H,4H2,1H3. The molecule has 0 N–H and O–H groups in total. The number of hydrogen-bond acceptors (Lipinski definition) is 7. The van der Waals surface area contributed by atoms with Gasteiger partial charge in [0.05, 0.1) is 12.1 Å². The lowest BCUT2D eigenvalue weighted by molar-refractivity contribution is -0.141. The van der Waals surface area contributed by atoms with Gasteiger partial charge in [-0.25, -0.2) is 14.1 Å². The number of esters is 1. The number of halogens is 2. The molecule has 19 heavy (non-hydrogen) atoms.